The van der Waals surface area contributed by atoms with Crippen molar-refractivity contribution in [1.29, 1.82) is 0 Å². The Kier molecular flexibility index (Phi) is 6.16. The number of rotatable bonds is 7. The lowest BCUT2D eigenvalue weighted by Gasteiger charge is -2.14. The van der Waals surface area contributed by atoms with E-state index in [0.29, 0.717) is 5.56 Å². The largest absolute Gasteiger partial charge is 0.508 e. The molecule has 0 aromatic heterocycles. The van der Waals surface area contributed by atoms with Crippen molar-refractivity contribution in [2.45, 2.75) is 24.9 Å². The molecule has 0 radical (unpaired) electrons. The smallest absolute Gasteiger partial charge is 0.328 e. The second-order valence-electron chi connectivity index (χ2n) is 5.92. The Bertz CT molecular complexity index is 792. The van der Waals surface area contributed by atoms with Crippen LogP contribution >= 0.6 is 0 Å². The van der Waals surface area contributed by atoms with Crippen LogP contribution in [-0.4, -0.2) is 34.2 Å². The molecular weight excluding hydrogens is 338 g/mol. The van der Waals surface area contributed by atoms with Crippen LogP contribution in [0.2, 0.25) is 0 Å². The van der Waals surface area contributed by atoms with Gasteiger partial charge in [-0.2, -0.15) is 0 Å². The molecule has 0 aliphatic carbocycles. The van der Waals surface area contributed by atoms with Crippen LogP contribution in [0.1, 0.15) is 11.1 Å². The number of esters is 1. The number of anilines is 1. The molecule has 8 nitrogen and oxygen atoms in total. The fraction of sp³-hybridized carbons (Fsp3) is 0.222. The number of carbonyl (C=O) groups excluding carboxylic acids is 1. The summed E-state index contributed by atoms with van der Waals surface area (Å²) in [5.74, 6) is -1.50. The first-order valence-electron chi connectivity index (χ1n) is 7.88. The summed E-state index contributed by atoms with van der Waals surface area (Å²) in [6, 6.07) is 8.97. The number of carboxylic acid groups (broad SMARTS) is 1. The third-order valence-electron chi connectivity index (χ3n) is 3.75. The Balaban J connectivity index is 1.99. The van der Waals surface area contributed by atoms with E-state index in [4.69, 9.17) is 27.0 Å². The summed E-state index contributed by atoms with van der Waals surface area (Å²) in [7, 11) is 0. The molecule has 0 fully saturated rings. The number of ether oxygens (including phenoxy) is 1. The molecule has 2 aromatic rings. The predicted molar refractivity (Wildman–Crippen MR) is 95.6 cm³/mol. The summed E-state index contributed by atoms with van der Waals surface area (Å²) in [4.78, 5) is 22.9. The molecule has 26 heavy (non-hydrogen) atoms. The topological polar surface area (TPSA) is 162 Å². The van der Waals surface area contributed by atoms with Crippen LogP contribution in [0.4, 0.5) is 5.69 Å². The van der Waals surface area contributed by atoms with Crippen molar-refractivity contribution in [1.82, 2.24) is 0 Å². The Morgan fingerprint density at radius 3 is 2.12 bits per heavy atom. The highest BCUT2D eigenvalue weighted by Gasteiger charge is 2.19. The lowest BCUT2D eigenvalue weighted by molar-refractivity contribution is -0.138. The van der Waals surface area contributed by atoms with E-state index in [1.807, 2.05) is 0 Å². The molecule has 8 heteroatoms. The number of phenolic OH excluding ortho intramolecular Hbond substituents is 1. The van der Waals surface area contributed by atoms with Crippen molar-refractivity contribution in [3.63, 3.8) is 0 Å². The van der Waals surface area contributed by atoms with Crippen molar-refractivity contribution < 1.29 is 24.5 Å². The van der Waals surface area contributed by atoms with E-state index in [9.17, 15) is 14.7 Å². The van der Waals surface area contributed by atoms with Gasteiger partial charge in [-0.1, -0.05) is 18.2 Å². The maximum Gasteiger partial charge on any atom is 0.328 e. The molecule has 0 saturated carbocycles. The average molecular weight is 359 g/mol. The van der Waals surface area contributed by atoms with Crippen LogP contribution in [0.15, 0.2) is 42.5 Å². The van der Waals surface area contributed by atoms with E-state index in [1.165, 1.54) is 24.3 Å². The molecule has 0 heterocycles. The van der Waals surface area contributed by atoms with E-state index in [0.717, 1.165) is 5.56 Å². The number of hydrogen-bond acceptors (Lipinski definition) is 7. The summed E-state index contributed by atoms with van der Waals surface area (Å²) in [6.45, 7) is 0. The monoisotopic (exact) mass is 359 g/mol. The van der Waals surface area contributed by atoms with Gasteiger partial charge in [-0.15, -0.1) is 0 Å². The zero-order valence-electron chi connectivity index (χ0n) is 14.0. The second kappa shape index (κ2) is 8.32. The van der Waals surface area contributed by atoms with Crippen LogP contribution in [0.25, 0.3) is 0 Å². The Labute approximate surface area is 150 Å². The van der Waals surface area contributed by atoms with Crippen LogP contribution in [0.3, 0.4) is 0 Å². The Hall–Kier alpha value is -3.10. The quantitative estimate of drug-likeness (QED) is 0.269. The minimum atomic E-state index is -1.11. The number of benzene rings is 2. The first-order valence-corrected chi connectivity index (χ1v) is 7.88. The van der Waals surface area contributed by atoms with Crippen molar-refractivity contribution in [3.8, 4) is 11.5 Å². The number of nitrogen functional groups attached to an aromatic ring is 1. The lowest BCUT2D eigenvalue weighted by atomic mass is 10.1. The maximum absolute atomic E-state index is 12.1. The third kappa shape index (κ3) is 5.20. The molecule has 2 atom stereocenters. The zero-order chi connectivity index (χ0) is 19.3. The fourth-order valence-electron chi connectivity index (χ4n) is 2.31. The molecule has 2 aromatic carbocycles. The van der Waals surface area contributed by atoms with Crippen LogP contribution in [0, 0.1) is 0 Å². The molecule has 0 aliphatic heterocycles. The lowest BCUT2D eigenvalue weighted by Crippen LogP contribution is -2.36. The normalized spacial score (nSPS) is 13.0. The Morgan fingerprint density at radius 2 is 1.54 bits per heavy atom. The van der Waals surface area contributed by atoms with Gasteiger partial charge in [-0.25, -0.2) is 4.79 Å². The van der Waals surface area contributed by atoms with Gasteiger partial charge < -0.3 is 32.2 Å². The van der Waals surface area contributed by atoms with Crippen molar-refractivity contribution in [2.75, 3.05) is 5.73 Å². The van der Waals surface area contributed by atoms with Crippen molar-refractivity contribution >= 4 is 17.6 Å². The van der Waals surface area contributed by atoms with Crippen LogP contribution in [0.5, 0.6) is 11.5 Å². The molecular formula is C18H21N3O5. The van der Waals surface area contributed by atoms with Gasteiger partial charge in [0.1, 0.15) is 17.8 Å². The fourth-order valence-corrected chi connectivity index (χ4v) is 2.31. The van der Waals surface area contributed by atoms with Crippen LogP contribution in [-0.2, 0) is 22.4 Å². The van der Waals surface area contributed by atoms with Gasteiger partial charge in [0.2, 0.25) is 0 Å². The number of hydrogen-bond donors (Lipinski definition) is 5. The maximum atomic E-state index is 12.1. The van der Waals surface area contributed by atoms with Gasteiger partial charge in [0.05, 0.1) is 5.69 Å². The number of carbonyl (C=O) groups is 2. The van der Waals surface area contributed by atoms with Crippen molar-refractivity contribution in [2.24, 2.45) is 11.5 Å². The number of aliphatic carboxylic acids is 1. The molecule has 8 N–H and O–H groups in total. The first kappa shape index (κ1) is 19.2. The zero-order valence-corrected chi connectivity index (χ0v) is 14.0. The molecule has 0 unspecified atom stereocenters. The number of phenols is 1. The highest BCUT2D eigenvalue weighted by atomic mass is 16.5. The molecule has 0 spiro atoms. The molecule has 0 aliphatic rings. The summed E-state index contributed by atoms with van der Waals surface area (Å²) in [5, 5.41) is 18.1. The summed E-state index contributed by atoms with van der Waals surface area (Å²) in [6.07, 6.45) is 0.346. The summed E-state index contributed by atoms with van der Waals surface area (Å²) in [5.41, 5.74) is 18.8. The van der Waals surface area contributed by atoms with E-state index < -0.39 is 24.0 Å². The molecule has 2 rings (SSSR count). The molecule has 138 valence electrons. The number of nitrogens with two attached hydrogens (primary N) is 3. The summed E-state index contributed by atoms with van der Waals surface area (Å²) < 4.78 is 5.22. The SMILES string of the molecule is Nc1cc(C[C@H](N)C(=O)O)ccc1OC(=O)[C@@H](N)Cc1ccc(O)cc1. The standard InChI is InChI=1S/C18H21N3O5/c19-13-8-11(9-14(20)17(23)24)3-6-16(13)26-18(25)15(21)7-10-1-4-12(22)5-2-10/h1-6,8,14-15,22H,7,9,19-21H2,(H,23,24)/t14-,15-/m0/s1. The number of aromatic hydroxyl groups is 1. The highest BCUT2D eigenvalue weighted by Crippen LogP contribution is 2.24. The molecule has 0 saturated heterocycles. The summed E-state index contributed by atoms with van der Waals surface area (Å²) >= 11 is 0. The van der Waals surface area contributed by atoms with E-state index in [2.05, 4.69) is 0 Å². The van der Waals surface area contributed by atoms with Gasteiger partial charge in [0, 0.05) is 0 Å². The molecule has 0 bridgehead atoms. The minimum Gasteiger partial charge on any atom is -0.508 e. The minimum absolute atomic E-state index is 0.105. The van der Waals surface area contributed by atoms with E-state index in [1.54, 1.807) is 18.2 Å². The van der Waals surface area contributed by atoms with Crippen molar-refractivity contribution in [3.05, 3.63) is 53.6 Å². The average Bonchev–Trinajstić information content (AvgIpc) is 2.59. The molecule has 0 amide bonds. The van der Waals surface area contributed by atoms with Gasteiger partial charge in [-0.05, 0) is 48.2 Å². The van der Waals surface area contributed by atoms with Gasteiger partial charge >= 0.3 is 11.9 Å². The third-order valence-corrected chi connectivity index (χ3v) is 3.75. The van der Waals surface area contributed by atoms with E-state index >= 15 is 0 Å². The van der Waals surface area contributed by atoms with Crippen LogP contribution < -0.4 is 21.9 Å². The highest BCUT2D eigenvalue weighted by molar-refractivity contribution is 5.80. The second-order valence-corrected chi connectivity index (χ2v) is 5.92. The predicted octanol–water partition coefficient (Wildman–Crippen LogP) is 0.404. The van der Waals surface area contributed by atoms with Gasteiger partial charge in [0.25, 0.3) is 0 Å². The van der Waals surface area contributed by atoms with Gasteiger partial charge in [-0.3, -0.25) is 4.79 Å². The van der Waals surface area contributed by atoms with Gasteiger partial charge in [0.15, 0.2) is 5.75 Å². The number of carboxylic acids is 1. The first-order chi connectivity index (χ1) is 12.3. The van der Waals surface area contributed by atoms with E-state index in [-0.39, 0.29) is 30.0 Å². The Morgan fingerprint density at radius 1 is 0.962 bits per heavy atom.